The van der Waals surface area contributed by atoms with Crippen LogP contribution in [0.2, 0.25) is 0 Å². The Balaban J connectivity index is 3.62. The smallest absolute Gasteiger partial charge is 0.241 e. The van der Waals surface area contributed by atoms with Crippen LogP contribution in [0.25, 0.3) is 0 Å². The van der Waals surface area contributed by atoms with Crippen molar-refractivity contribution in [1.82, 2.24) is 0 Å². The van der Waals surface area contributed by atoms with Gasteiger partial charge in [0.25, 0.3) is 0 Å². The van der Waals surface area contributed by atoms with Crippen molar-refractivity contribution < 1.29 is 4.79 Å². The van der Waals surface area contributed by atoms with Crippen LogP contribution in [0.4, 0.5) is 0 Å². The Kier molecular flexibility index (Phi) is 4.29. The number of carbonyl (C=O) groups excluding carboxylic acids is 1. The summed E-state index contributed by atoms with van der Waals surface area (Å²) in [5, 5.41) is 0. The van der Waals surface area contributed by atoms with E-state index in [-0.39, 0.29) is 0 Å². The van der Waals surface area contributed by atoms with Gasteiger partial charge in [-0.05, 0) is 5.92 Å². The fraction of sp³-hybridized carbons (Fsp3) is 0.375. The maximum absolute atomic E-state index is 10.1. The molecule has 1 amide bonds. The van der Waals surface area contributed by atoms with E-state index in [1.807, 2.05) is 12.2 Å². The zero-order valence-electron chi connectivity index (χ0n) is 6.37. The van der Waals surface area contributed by atoms with Gasteiger partial charge >= 0.3 is 0 Å². The quantitative estimate of drug-likeness (QED) is 0.464. The van der Waals surface area contributed by atoms with Gasteiger partial charge < -0.3 is 5.73 Å². The van der Waals surface area contributed by atoms with Gasteiger partial charge in [0, 0.05) is 6.08 Å². The number of rotatable bonds is 3. The zero-order valence-corrected chi connectivity index (χ0v) is 6.37. The van der Waals surface area contributed by atoms with Crippen molar-refractivity contribution in [3.63, 3.8) is 0 Å². The molecule has 0 fully saturated rings. The molecule has 0 aliphatic carbocycles. The molecule has 0 atom stereocenters. The maximum atomic E-state index is 10.1. The molecule has 0 rings (SSSR count). The largest absolute Gasteiger partial charge is 0.366 e. The van der Waals surface area contributed by atoms with E-state index < -0.39 is 5.91 Å². The van der Waals surface area contributed by atoms with Crippen molar-refractivity contribution in [3.05, 3.63) is 24.3 Å². The van der Waals surface area contributed by atoms with Gasteiger partial charge in [0.1, 0.15) is 0 Å². The Morgan fingerprint density at radius 3 is 2.40 bits per heavy atom. The average Bonchev–Trinajstić information content (AvgIpc) is 1.79. The van der Waals surface area contributed by atoms with Crippen molar-refractivity contribution in [2.75, 3.05) is 0 Å². The van der Waals surface area contributed by atoms with E-state index in [1.165, 1.54) is 6.08 Å². The lowest BCUT2D eigenvalue weighted by Crippen LogP contribution is -2.04. The van der Waals surface area contributed by atoms with Crippen LogP contribution in [0.3, 0.4) is 0 Å². The summed E-state index contributed by atoms with van der Waals surface area (Å²) < 4.78 is 0. The first kappa shape index (κ1) is 8.95. The standard InChI is InChI=1S/C8H13NO/c1-7(2)5-3-4-6-8(9)10/h3-7H,1-2H3,(H2,9,10). The van der Waals surface area contributed by atoms with Crippen LogP contribution in [-0.2, 0) is 4.79 Å². The molecule has 0 heterocycles. The Morgan fingerprint density at radius 1 is 1.40 bits per heavy atom. The predicted octanol–water partition coefficient (Wildman–Crippen LogP) is 1.24. The number of allylic oxidation sites excluding steroid dienone is 3. The summed E-state index contributed by atoms with van der Waals surface area (Å²) in [6.07, 6.45) is 6.77. The monoisotopic (exact) mass is 139 g/mol. The summed E-state index contributed by atoms with van der Waals surface area (Å²) in [5.74, 6) is 0.103. The maximum Gasteiger partial charge on any atom is 0.241 e. The van der Waals surface area contributed by atoms with Crippen molar-refractivity contribution in [3.8, 4) is 0 Å². The SMILES string of the molecule is CC(C)C=CC=CC(N)=O. The Labute approximate surface area is 61.4 Å². The zero-order chi connectivity index (χ0) is 7.98. The van der Waals surface area contributed by atoms with Crippen molar-refractivity contribution in [1.29, 1.82) is 0 Å². The summed E-state index contributed by atoms with van der Waals surface area (Å²) in [4.78, 5) is 10.1. The van der Waals surface area contributed by atoms with Crippen LogP contribution in [0.5, 0.6) is 0 Å². The van der Waals surface area contributed by atoms with Gasteiger partial charge in [-0.25, -0.2) is 0 Å². The molecule has 0 saturated carbocycles. The molecule has 0 spiro atoms. The third kappa shape index (κ3) is 6.95. The van der Waals surface area contributed by atoms with Crippen LogP contribution in [0.15, 0.2) is 24.3 Å². The first-order valence-electron chi connectivity index (χ1n) is 3.27. The van der Waals surface area contributed by atoms with E-state index in [2.05, 4.69) is 13.8 Å². The molecule has 0 aliphatic heterocycles. The highest BCUT2D eigenvalue weighted by Crippen LogP contribution is 1.92. The van der Waals surface area contributed by atoms with E-state index >= 15 is 0 Å². The van der Waals surface area contributed by atoms with Crippen LogP contribution in [-0.4, -0.2) is 5.91 Å². The summed E-state index contributed by atoms with van der Waals surface area (Å²) in [5.41, 5.74) is 4.85. The minimum Gasteiger partial charge on any atom is -0.366 e. The van der Waals surface area contributed by atoms with E-state index in [4.69, 9.17) is 5.73 Å². The van der Waals surface area contributed by atoms with E-state index in [0.29, 0.717) is 5.92 Å². The first-order valence-corrected chi connectivity index (χ1v) is 3.27. The number of hydrogen-bond donors (Lipinski definition) is 1. The second-order valence-electron chi connectivity index (χ2n) is 2.39. The van der Waals surface area contributed by atoms with Gasteiger partial charge in [-0.3, -0.25) is 4.79 Å². The molecule has 2 heteroatoms. The third-order valence-corrected chi connectivity index (χ3v) is 0.868. The minimum atomic E-state index is -0.409. The van der Waals surface area contributed by atoms with Crippen molar-refractivity contribution >= 4 is 5.91 Å². The van der Waals surface area contributed by atoms with E-state index in [0.717, 1.165) is 0 Å². The molecule has 2 N–H and O–H groups in total. The Morgan fingerprint density at radius 2 is 2.00 bits per heavy atom. The molecular formula is C8H13NO. The molecule has 0 saturated heterocycles. The van der Waals surface area contributed by atoms with Crippen molar-refractivity contribution in [2.45, 2.75) is 13.8 Å². The molecule has 0 unspecified atom stereocenters. The van der Waals surface area contributed by atoms with Gasteiger partial charge in [-0.2, -0.15) is 0 Å². The van der Waals surface area contributed by atoms with E-state index in [1.54, 1.807) is 6.08 Å². The highest BCUT2D eigenvalue weighted by atomic mass is 16.1. The lowest BCUT2D eigenvalue weighted by atomic mass is 10.2. The van der Waals surface area contributed by atoms with Gasteiger partial charge in [-0.1, -0.05) is 32.1 Å². The molecular weight excluding hydrogens is 126 g/mol. The summed E-state index contributed by atoms with van der Waals surface area (Å²) in [6.45, 7) is 4.13. The summed E-state index contributed by atoms with van der Waals surface area (Å²) in [7, 11) is 0. The number of carbonyl (C=O) groups is 1. The van der Waals surface area contributed by atoms with Crippen LogP contribution >= 0.6 is 0 Å². The highest BCUT2D eigenvalue weighted by Gasteiger charge is 1.80. The summed E-state index contributed by atoms with van der Waals surface area (Å²) >= 11 is 0. The second kappa shape index (κ2) is 4.79. The molecule has 0 radical (unpaired) electrons. The average molecular weight is 139 g/mol. The van der Waals surface area contributed by atoms with Gasteiger partial charge in [-0.15, -0.1) is 0 Å². The molecule has 0 aromatic carbocycles. The van der Waals surface area contributed by atoms with Crippen molar-refractivity contribution in [2.24, 2.45) is 11.7 Å². The van der Waals surface area contributed by atoms with Crippen LogP contribution < -0.4 is 5.73 Å². The molecule has 0 bridgehead atoms. The lowest BCUT2D eigenvalue weighted by Gasteiger charge is -1.88. The number of nitrogens with two attached hydrogens (primary N) is 1. The van der Waals surface area contributed by atoms with Crippen LogP contribution in [0, 0.1) is 5.92 Å². The number of amides is 1. The van der Waals surface area contributed by atoms with Gasteiger partial charge in [0.2, 0.25) is 5.91 Å². The molecule has 2 nitrogen and oxygen atoms in total. The molecule has 10 heavy (non-hydrogen) atoms. The van der Waals surface area contributed by atoms with Crippen LogP contribution in [0.1, 0.15) is 13.8 Å². The fourth-order valence-electron chi connectivity index (χ4n) is 0.437. The van der Waals surface area contributed by atoms with Gasteiger partial charge in [0.15, 0.2) is 0 Å². The topological polar surface area (TPSA) is 43.1 Å². The van der Waals surface area contributed by atoms with E-state index in [9.17, 15) is 4.79 Å². The number of primary amides is 1. The number of hydrogen-bond acceptors (Lipinski definition) is 1. The normalized spacial score (nSPS) is 11.9. The summed E-state index contributed by atoms with van der Waals surface area (Å²) in [6, 6.07) is 0. The molecule has 56 valence electrons. The predicted molar refractivity (Wildman–Crippen MR) is 42.3 cm³/mol. The molecule has 0 aromatic rings. The highest BCUT2D eigenvalue weighted by molar-refractivity contribution is 5.85. The third-order valence-electron chi connectivity index (χ3n) is 0.868. The Bertz CT molecular complexity index is 157. The van der Waals surface area contributed by atoms with Gasteiger partial charge in [0.05, 0.1) is 0 Å². The minimum absolute atomic E-state index is 0.409. The lowest BCUT2D eigenvalue weighted by molar-refractivity contribution is -0.113. The first-order chi connectivity index (χ1) is 4.63. The molecule has 0 aliphatic rings. The fourth-order valence-corrected chi connectivity index (χ4v) is 0.437. The second-order valence-corrected chi connectivity index (χ2v) is 2.39. The molecule has 0 aromatic heterocycles. The Hall–Kier alpha value is -1.05.